The molecule has 3 heterocycles. The molecule has 33 heavy (non-hydrogen) atoms. The number of non-ortho nitro benzene ring substituents is 1. The van der Waals surface area contributed by atoms with E-state index in [0.717, 1.165) is 33.7 Å². The lowest BCUT2D eigenvalue weighted by Gasteiger charge is -2.26. The minimum atomic E-state index is -1.09. The number of aryl methyl sites for hydroxylation is 2. The van der Waals surface area contributed by atoms with E-state index >= 15 is 0 Å². The fourth-order valence-corrected chi connectivity index (χ4v) is 4.90. The number of hydrogen-bond donors (Lipinski definition) is 3. The number of anilines is 1. The third kappa shape index (κ3) is 5.12. The molecule has 2 unspecified atom stereocenters. The zero-order chi connectivity index (χ0) is 23.5. The van der Waals surface area contributed by atoms with Gasteiger partial charge in [-0.05, 0) is 37.1 Å². The predicted octanol–water partition coefficient (Wildman–Crippen LogP) is 2.55. The van der Waals surface area contributed by atoms with E-state index in [1.165, 1.54) is 24.3 Å². The van der Waals surface area contributed by atoms with Gasteiger partial charge in [0, 0.05) is 30.1 Å². The molecule has 1 aliphatic heterocycles. The molecule has 2 aromatic heterocycles. The number of nitrogens with one attached hydrogen (secondary N) is 1. The third-order valence-corrected chi connectivity index (χ3v) is 6.99. The van der Waals surface area contributed by atoms with Crippen LogP contribution in [0.5, 0.6) is 0 Å². The normalized spacial score (nSPS) is 16.6. The molecule has 1 fully saturated rings. The molecule has 11 heteroatoms. The van der Waals surface area contributed by atoms with Crippen molar-refractivity contribution in [1.29, 1.82) is 0 Å². The van der Waals surface area contributed by atoms with Crippen molar-refractivity contribution in [2.75, 3.05) is 38.2 Å². The van der Waals surface area contributed by atoms with E-state index in [9.17, 15) is 20.3 Å². The molecule has 0 saturated carbocycles. The SMILES string of the molecule is Cc1sc2nc(CN3CCOCC3)nc(NC(CO)C(O)c3ccc([N+](=O)[O-])cc3)c2c1C. The van der Waals surface area contributed by atoms with E-state index in [1.54, 1.807) is 11.3 Å². The molecule has 0 aliphatic carbocycles. The average molecular weight is 474 g/mol. The van der Waals surface area contributed by atoms with Gasteiger partial charge in [0.15, 0.2) is 0 Å². The van der Waals surface area contributed by atoms with Gasteiger partial charge in [-0.25, -0.2) is 9.97 Å². The lowest BCUT2D eigenvalue weighted by molar-refractivity contribution is -0.384. The fraction of sp³-hybridized carbons (Fsp3) is 0.455. The molecule has 0 radical (unpaired) electrons. The monoisotopic (exact) mass is 473 g/mol. The van der Waals surface area contributed by atoms with Crippen LogP contribution in [0.4, 0.5) is 11.5 Å². The summed E-state index contributed by atoms with van der Waals surface area (Å²) in [5.41, 5.74) is 1.45. The first kappa shape index (κ1) is 23.5. The zero-order valence-corrected chi connectivity index (χ0v) is 19.3. The first-order valence-electron chi connectivity index (χ1n) is 10.7. The van der Waals surface area contributed by atoms with Crippen molar-refractivity contribution >= 4 is 33.1 Å². The van der Waals surface area contributed by atoms with Gasteiger partial charge in [0.1, 0.15) is 22.6 Å². The number of benzene rings is 1. The van der Waals surface area contributed by atoms with Gasteiger partial charge < -0.3 is 20.3 Å². The molecule has 1 aromatic carbocycles. The number of nitrogens with zero attached hydrogens (tertiary/aromatic N) is 4. The van der Waals surface area contributed by atoms with E-state index in [1.807, 2.05) is 13.8 Å². The number of fused-ring (bicyclic) bond motifs is 1. The number of nitro benzene ring substituents is 1. The number of aromatic nitrogens is 2. The molecule has 3 N–H and O–H groups in total. The average Bonchev–Trinajstić information content (AvgIpc) is 3.11. The van der Waals surface area contributed by atoms with E-state index < -0.39 is 17.1 Å². The van der Waals surface area contributed by atoms with Crippen LogP contribution in [-0.4, -0.2) is 69.0 Å². The van der Waals surface area contributed by atoms with Crippen LogP contribution in [0.1, 0.15) is 27.9 Å². The third-order valence-electron chi connectivity index (χ3n) is 5.89. The minimum absolute atomic E-state index is 0.0610. The van der Waals surface area contributed by atoms with E-state index in [-0.39, 0.29) is 12.3 Å². The molecular formula is C22H27N5O5S. The second kappa shape index (κ2) is 10.1. The van der Waals surface area contributed by atoms with Crippen LogP contribution in [0.15, 0.2) is 24.3 Å². The van der Waals surface area contributed by atoms with Crippen molar-refractivity contribution in [2.45, 2.75) is 32.5 Å². The topological polar surface area (TPSA) is 134 Å². The highest BCUT2D eigenvalue weighted by Gasteiger charge is 2.24. The van der Waals surface area contributed by atoms with Crippen LogP contribution >= 0.6 is 11.3 Å². The van der Waals surface area contributed by atoms with E-state index in [2.05, 4.69) is 10.2 Å². The quantitative estimate of drug-likeness (QED) is 0.333. The smallest absolute Gasteiger partial charge is 0.269 e. The van der Waals surface area contributed by atoms with E-state index in [0.29, 0.717) is 37.0 Å². The summed E-state index contributed by atoms with van der Waals surface area (Å²) in [6.07, 6.45) is -1.09. The summed E-state index contributed by atoms with van der Waals surface area (Å²) < 4.78 is 5.42. The molecule has 10 nitrogen and oxygen atoms in total. The Kier molecular flexibility index (Phi) is 7.15. The maximum atomic E-state index is 10.9. The van der Waals surface area contributed by atoms with Crippen molar-refractivity contribution in [2.24, 2.45) is 0 Å². The first-order valence-corrected chi connectivity index (χ1v) is 11.6. The summed E-state index contributed by atoms with van der Waals surface area (Å²) in [4.78, 5) is 24.2. The Morgan fingerprint density at radius 3 is 2.58 bits per heavy atom. The van der Waals surface area contributed by atoms with E-state index in [4.69, 9.17) is 14.7 Å². The van der Waals surface area contributed by atoms with Gasteiger partial charge in [-0.2, -0.15) is 0 Å². The van der Waals surface area contributed by atoms with Crippen molar-refractivity contribution in [3.63, 3.8) is 0 Å². The molecule has 0 amide bonds. The Labute approximate surface area is 195 Å². The Balaban J connectivity index is 1.63. The zero-order valence-electron chi connectivity index (χ0n) is 18.5. The minimum Gasteiger partial charge on any atom is -0.394 e. The lowest BCUT2D eigenvalue weighted by Crippen LogP contribution is -2.36. The van der Waals surface area contributed by atoms with Crippen LogP contribution in [0.25, 0.3) is 10.2 Å². The van der Waals surface area contributed by atoms with Gasteiger partial charge in [-0.3, -0.25) is 15.0 Å². The summed E-state index contributed by atoms with van der Waals surface area (Å²) in [7, 11) is 0. The number of rotatable bonds is 8. The number of morpholine rings is 1. The van der Waals surface area contributed by atoms with Gasteiger partial charge in [0.2, 0.25) is 0 Å². The van der Waals surface area contributed by atoms with Gasteiger partial charge in [0.05, 0.1) is 42.7 Å². The molecular weight excluding hydrogens is 446 g/mol. The Morgan fingerprint density at radius 1 is 1.24 bits per heavy atom. The van der Waals surface area contributed by atoms with Gasteiger partial charge >= 0.3 is 0 Å². The number of hydrogen-bond acceptors (Lipinski definition) is 10. The maximum Gasteiger partial charge on any atom is 0.269 e. The number of nitro groups is 1. The van der Waals surface area contributed by atoms with Crippen molar-refractivity contribution < 1.29 is 19.9 Å². The summed E-state index contributed by atoms with van der Waals surface area (Å²) in [6.45, 7) is 7.24. The molecule has 0 spiro atoms. The maximum absolute atomic E-state index is 10.9. The molecule has 176 valence electrons. The highest BCUT2D eigenvalue weighted by molar-refractivity contribution is 7.18. The van der Waals surface area contributed by atoms with Gasteiger partial charge in [0.25, 0.3) is 5.69 Å². The second-order valence-corrected chi connectivity index (χ2v) is 9.27. The van der Waals surface area contributed by atoms with Crippen LogP contribution in [-0.2, 0) is 11.3 Å². The Morgan fingerprint density at radius 2 is 1.94 bits per heavy atom. The lowest BCUT2D eigenvalue weighted by atomic mass is 10.0. The number of aliphatic hydroxyl groups excluding tert-OH is 2. The van der Waals surface area contributed by atoms with Gasteiger partial charge in [-0.1, -0.05) is 0 Å². The molecule has 0 bridgehead atoms. The van der Waals surface area contributed by atoms with Crippen molar-refractivity contribution in [1.82, 2.24) is 14.9 Å². The van der Waals surface area contributed by atoms with Crippen molar-refractivity contribution in [3.8, 4) is 0 Å². The van der Waals surface area contributed by atoms with Crippen LogP contribution in [0.3, 0.4) is 0 Å². The second-order valence-electron chi connectivity index (χ2n) is 8.07. The number of ether oxygens (including phenoxy) is 1. The van der Waals surface area contributed by atoms with Gasteiger partial charge in [-0.15, -0.1) is 11.3 Å². The summed E-state index contributed by atoms with van der Waals surface area (Å²) in [6, 6.07) is 4.89. The molecule has 1 saturated heterocycles. The van der Waals surface area contributed by atoms with Crippen molar-refractivity contribution in [3.05, 3.63) is 56.2 Å². The predicted molar refractivity (Wildman–Crippen MR) is 126 cm³/mol. The standard InChI is InChI=1S/C22H27N5O5S/c1-13-14(2)33-22-19(13)21(24-18(25-22)11-26-7-9-32-10-8-26)23-17(12-28)20(29)15-3-5-16(6-4-15)27(30)31/h3-6,17,20,28-29H,7-12H2,1-2H3,(H,23,24,25). The fourth-order valence-electron chi connectivity index (χ4n) is 3.85. The Hall–Kier alpha value is -2.70. The molecule has 3 aromatic rings. The number of thiophene rings is 1. The molecule has 4 rings (SSSR count). The highest BCUT2D eigenvalue weighted by atomic mass is 32.1. The molecule has 1 aliphatic rings. The summed E-state index contributed by atoms with van der Waals surface area (Å²) >= 11 is 1.59. The summed E-state index contributed by atoms with van der Waals surface area (Å²) in [5, 5.41) is 35.9. The largest absolute Gasteiger partial charge is 0.394 e. The number of aliphatic hydroxyl groups is 2. The van der Waals surface area contributed by atoms with Crippen LogP contribution in [0.2, 0.25) is 0 Å². The first-order chi connectivity index (χ1) is 15.9. The summed E-state index contributed by atoms with van der Waals surface area (Å²) in [5.74, 6) is 1.22. The van der Waals surface area contributed by atoms with Crippen LogP contribution in [0, 0.1) is 24.0 Å². The highest BCUT2D eigenvalue weighted by Crippen LogP contribution is 2.34. The molecule has 2 atom stereocenters. The Bertz CT molecular complexity index is 1130. The van der Waals surface area contributed by atoms with Crippen LogP contribution < -0.4 is 5.32 Å².